The van der Waals surface area contributed by atoms with Crippen LogP contribution in [0, 0.1) is 0 Å². The molecule has 0 aromatic heterocycles. The normalized spacial score (nSPS) is 13.4. The van der Waals surface area contributed by atoms with E-state index >= 15 is 0 Å². The SMILES string of the molecule is CCO[Si](OCC)C(C)CCCCCN. The summed E-state index contributed by atoms with van der Waals surface area (Å²) in [5, 5.41) is 0. The molecule has 15 heavy (non-hydrogen) atoms. The van der Waals surface area contributed by atoms with Gasteiger partial charge in [-0.05, 0) is 33.2 Å². The van der Waals surface area contributed by atoms with Crippen molar-refractivity contribution in [3.63, 3.8) is 0 Å². The maximum Gasteiger partial charge on any atom is 0.387 e. The van der Waals surface area contributed by atoms with E-state index < -0.39 is 9.28 Å². The number of nitrogens with two attached hydrogens (primary N) is 1. The summed E-state index contributed by atoms with van der Waals surface area (Å²) >= 11 is 0. The third kappa shape index (κ3) is 7.96. The largest absolute Gasteiger partial charge is 0.393 e. The third-order valence-corrected chi connectivity index (χ3v) is 4.56. The van der Waals surface area contributed by atoms with Gasteiger partial charge >= 0.3 is 9.28 Å². The summed E-state index contributed by atoms with van der Waals surface area (Å²) in [5.41, 5.74) is 6.03. The lowest BCUT2D eigenvalue weighted by atomic mass is 10.1. The van der Waals surface area contributed by atoms with E-state index in [4.69, 9.17) is 14.6 Å². The molecule has 1 unspecified atom stereocenters. The first kappa shape index (κ1) is 15.1. The van der Waals surface area contributed by atoms with Gasteiger partial charge in [-0.2, -0.15) is 0 Å². The van der Waals surface area contributed by atoms with Gasteiger partial charge in [0, 0.05) is 18.8 Å². The van der Waals surface area contributed by atoms with E-state index in [0.29, 0.717) is 5.54 Å². The van der Waals surface area contributed by atoms with Crippen molar-refractivity contribution in [3.8, 4) is 0 Å². The van der Waals surface area contributed by atoms with Crippen LogP contribution in [-0.4, -0.2) is 29.0 Å². The molecule has 91 valence electrons. The summed E-state index contributed by atoms with van der Waals surface area (Å²) in [7, 11) is -1.04. The zero-order chi connectivity index (χ0) is 11.5. The molecule has 0 fully saturated rings. The van der Waals surface area contributed by atoms with E-state index in [1.165, 1.54) is 19.3 Å². The molecule has 0 saturated carbocycles. The molecule has 1 atom stereocenters. The fraction of sp³-hybridized carbons (Fsp3) is 1.00. The molecule has 0 aromatic rings. The Bertz CT molecular complexity index is 130. The molecule has 0 spiro atoms. The Morgan fingerprint density at radius 1 is 1.07 bits per heavy atom. The molecule has 0 aliphatic heterocycles. The Morgan fingerprint density at radius 2 is 1.67 bits per heavy atom. The smallest absolute Gasteiger partial charge is 0.387 e. The van der Waals surface area contributed by atoms with Gasteiger partial charge in [-0.15, -0.1) is 0 Å². The van der Waals surface area contributed by atoms with Crippen LogP contribution in [0.1, 0.15) is 46.5 Å². The number of hydrogen-bond acceptors (Lipinski definition) is 3. The van der Waals surface area contributed by atoms with Crippen LogP contribution in [0.4, 0.5) is 0 Å². The Labute approximate surface area is 96.2 Å². The summed E-state index contributed by atoms with van der Waals surface area (Å²) in [4.78, 5) is 0. The van der Waals surface area contributed by atoms with Crippen LogP contribution >= 0.6 is 0 Å². The van der Waals surface area contributed by atoms with Crippen molar-refractivity contribution >= 4 is 9.28 Å². The maximum atomic E-state index is 5.66. The van der Waals surface area contributed by atoms with Gasteiger partial charge < -0.3 is 14.6 Å². The van der Waals surface area contributed by atoms with Crippen LogP contribution in [0.5, 0.6) is 0 Å². The highest BCUT2D eigenvalue weighted by Gasteiger charge is 2.22. The van der Waals surface area contributed by atoms with Crippen molar-refractivity contribution < 1.29 is 8.85 Å². The molecule has 1 radical (unpaired) electrons. The second-order valence-electron chi connectivity index (χ2n) is 3.72. The lowest BCUT2D eigenvalue weighted by Crippen LogP contribution is -2.27. The third-order valence-electron chi connectivity index (χ3n) is 2.32. The average Bonchev–Trinajstić information content (AvgIpc) is 2.24. The molecule has 2 N–H and O–H groups in total. The van der Waals surface area contributed by atoms with Gasteiger partial charge in [0.05, 0.1) is 0 Å². The molecule has 0 heterocycles. The van der Waals surface area contributed by atoms with Gasteiger partial charge in [0.1, 0.15) is 0 Å². The van der Waals surface area contributed by atoms with E-state index in [1.54, 1.807) is 0 Å². The van der Waals surface area contributed by atoms with Crippen LogP contribution in [0.3, 0.4) is 0 Å². The molecule has 0 aromatic carbocycles. The molecule has 0 aliphatic carbocycles. The van der Waals surface area contributed by atoms with E-state index in [9.17, 15) is 0 Å². The fourth-order valence-electron chi connectivity index (χ4n) is 1.50. The molecule has 0 bridgehead atoms. The highest BCUT2D eigenvalue weighted by molar-refractivity contribution is 6.46. The van der Waals surface area contributed by atoms with Gasteiger partial charge in [-0.25, -0.2) is 0 Å². The molecule has 0 saturated heterocycles. The quantitative estimate of drug-likeness (QED) is 0.465. The number of unbranched alkanes of at least 4 members (excludes halogenated alkanes) is 2. The first-order valence-corrected chi connectivity index (χ1v) is 7.48. The van der Waals surface area contributed by atoms with Crippen molar-refractivity contribution in [2.45, 2.75) is 52.0 Å². The van der Waals surface area contributed by atoms with Crippen molar-refractivity contribution in [1.29, 1.82) is 0 Å². The van der Waals surface area contributed by atoms with Gasteiger partial charge in [0.15, 0.2) is 0 Å². The molecule has 0 amide bonds. The maximum absolute atomic E-state index is 5.66. The molecule has 4 heteroatoms. The van der Waals surface area contributed by atoms with E-state index in [0.717, 1.165) is 26.2 Å². The summed E-state index contributed by atoms with van der Waals surface area (Å²) in [6.45, 7) is 8.64. The first-order valence-electron chi connectivity index (χ1n) is 6.08. The molecule has 3 nitrogen and oxygen atoms in total. The van der Waals surface area contributed by atoms with Crippen molar-refractivity contribution in [1.82, 2.24) is 0 Å². The highest BCUT2D eigenvalue weighted by Crippen LogP contribution is 2.19. The average molecular weight is 232 g/mol. The predicted molar refractivity (Wildman–Crippen MR) is 66.0 cm³/mol. The zero-order valence-electron chi connectivity index (χ0n) is 10.4. The summed E-state index contributed by atoms with van der Waals surface area (Å²) in [5.74, 6) is 0. The predicted octanol–water partition coefficient (Wildman–Crippen LogP) is 2.46. The van der Waals surface area contributed by atoms with E-state index in [1.807, 2.05) is 13.8 Å². The van der Waals surface area contributed by atoms with Gasteiger partial charge in [0.25, 0.3) is 0 Å². The molecular formula is C11H26NO2Si. The molecule has 0 rings (SSSR count). The van der Waals surface area contributed by atoms with Crippen molar-refractivity contribution in [2.24, 2.45) is 5.73 Å². The van der Waals surface area contributed by atoms with Crippen LogP contribution in [0.2, 0.25) is 5.54 Å². The summed E-state index contributed by atoms with van der Waals surface area (Å²) < 4.78 is 11.3. The first-order chi connectivity index (χ1) is 7.26. The summed E-state index contributed by atoms with van der Waals surface area (Å²) in [6, 6.07) is 0. The van der Waals surface area contributed by atoms with Crippen molar-refractivity contribution in [3.05, 3.63) is 0 Å². The monoisotopic (exact) mass is 232 g/mol. The minimum absolute atomic E-state index is 0.577. The Morgan fingerprint density at radius 3 is 2.13 bits per heavy atom. The van der Waals surface area contributed by atoms with Crippen LogP contribution in [0.25, 0.3) is 0 Å². The van der Waals surface area contributed by atoms with Gasteiger partial charge in [0.2, 0.25) is 0 Å². The van der Waals surface area contributed by atoms with Gasteiger partial charge in [-0.3, -0.25) is 0 Å². The van der Waals surface area contributed by atoms with E-state index in [2.05, 4.69) is 6.92 Å². The fourth-order valence-corrected chi connectivity index (χ4v) is 3.16. The van der Waals surface area contributed by atoms with Crippen molar-refractivity contribution in [2.75, 3.05) is 19.8 Å². The number of hydrogen-bond donors (Lipinski definition) is 1. The Kier molecular flexibility index (Phi) is 10.7. The van der Waals surface area contributed by atoms with Crippen LogP contribution < -0.4 is 5.73 Å². The second-order valence-corrected chi connectivity index (χ2v) is 5.93. The molecule has 0 aliphatic rings. The van der Waals surface area contributed by atoms with Crippen LogP contribution in [0.15, 0.2) is 0 Å². The Hall–Kier alpha value is 0.0969. The second kappa shape index (κ2) is 10.6. The minimum Gasteiger partial charge on any atom is -0.393 e. The Balaban J connectivity index is 3.65. The van der Waals surface area contributed by atoms with Gasteiger partial charge in [-0.1, -0.05) is 19.8 Å². The lowest BCUT2D eigenvalue weighted by Gasteiger charge is -2.19. The minimum atomic E-state index is -1.04. The standard InChI is InChI=1S/C11H26NO2Si/c1-4-13-15(14-5-2)11(3)9-7-6-8-10-12/h11H,4-10,12H2,1-3H3. The topological polar surface area (TPSA) is 44.5 Å². The van der Waals surface area contributed by atoms with E-state index in [-0.39, 0.29) is 0 Å². The lowest BCUT2D eigenvalue weighted by molar-refractivity contribution is 0.203. The summed E-state index contributed by atoms with van der Waals surface area (Å²) in [6.07, 6.45) is 4.81. The highest BCUT2D eigenvalue weighted by atomic mass is 28.3. The molecular weight excluding hydrogens is 206 g/mol. The van der Waals surface area contributed by atoms with Crippen LogP contribution in [-0.2, 0) is 8.85 Å². The number of rotatable bonds is 10. The zero-order valence-corrected chi connectivity index (χ0v) is 11.4.